The van der Waals surface area contributed by atoms with Crippen LogP contribution in [0.3, 0.4) is 0 Å². The van der Waals surface area contributed by atoms with Gasteiger partial charge in [0, 0.05) is 5.41 Å². The average Bonchev–Trinajstić information content (AvgIpc) is 1.95. The fourth-order valence-corrected chi connectivity index (χ4v) is 2.88. The van der Waals surface area contributed by atoms with Crippen LogP contribution < -0.4 is 0 Å². The number of allylic oxidation sites excluding steroid dienone is 1. The van der Waals surface area contributed by atoms with Crippen LogP contribution in [-0.4, -0.2) is 17.5 Å². The van der Waals surface area contributed by atoms with Crippen LogP contribution >= 0.6 is 34.8 Å². The molecule has 10 heavy (non-hydrogen) atoms. The van der Waals surface area contributed by atoms with E-state index in [0.29, 0.717) is 0 Å². The summed E-state index contributed by atoms with van der Waals surface area (Å²) in [5.41, 5.74) is 0. The molecule has 0 aromatic carbocycles. The van der Waals surface area contributed by atoms with Crippen LogP contribution in [0.25, 0.3) is 0 Å². The molecule has 0 fully saturated rings. The van der Waals surface area contributed by atoms with Crippen molar-refractivity contribution in [3.8, 4) is 0 Å². The Bertz CT molecular complexity index is 266. The number of hydrogen-bond acceptors (Lipinski definition) is 2. The molecule has 0 amide bonds. The number of sulfone groups is 1. The summed E-state index contributed by atoms with van der Waals surface area (Å²) in [6.07, 6.45) is 1.16. The zero-order valence-corrected chi connectivity index (χ0v) is 7.67. The van der Waals surface area contributed by atoms with E-state index in [1.807, 2.05) is 0 Å². The van der Waals surface area contributed by atoms with E-state index in [9.17, 15) is 8.42 Å². The quantitative estimate of drug-likeness (QED) is 0.583. The standard InChI is InChI=1S/C4H3Cl3O2S/c5-3-4(6,7)1-2-10(3,8)9/h1-3H. The van der Waals surface area contributed by atoms with Crippen LogP contribution in [-0.2, 0) is 9.84 Å². The molecule has 1 aliphatic rings. The Hall–Kier alpha value is 0.560. The second kappa shape index (κ2) is 2.27. The zero-order chi connectivity index (χ0) is 7.99. The highest BCUT2D eigenvalue weighted by atomic mass is 35.5. The second-order valence-electron chi connectivity index (χ2n) is 1.88. The Labute approximate surface area is 73.7 Å². The first-order valence-corrected chi connectivity index (χ1v) is 5.11. The molecule has 1 unspecified atom stereocenters. The highest BCUT2D eigenvalue weighted by molar-refractivity contribution is 7.96. The van der Waals surface area contributed by atoms with Gasteiger partial charge in [-0.2, -0.15) is 0 Å². The molecule has 6 heteroatoms. The largest absolute Gasteiger partial charge is 0.223 e. The van der Waals surface area contributed by atoms with Crippen LogP contribution in [0.5, 0.6) is 0 Å². The summed E-state index contributed by atoms with van der Waals surface area (Å²) in [6, 6.07) is 0. The van der Waals surface area contributed by atoms with Crippen molar-refractivity contribution < 1.29 is 8.42 Å². The van der Waals surface area contributed by atoms with E-state index in [1.54, 1.807) is 0 Å². The first-order valence-electron chi connectivity index (χ1n) is 2.31. The maximum absolute atomic E-state index is 10.8. The molecule has 0 aromatic heterocycles. The van der Waals surface area contributed by atoms with Crippen molar-refractivity contribution in [3.63, 3.8) is 0 Å². The fraction of sp³-hybridized carbons (Fsp3) is 0.500. The van der Waals surface area contributed by atoms with Crippen molar-refractivity contribution in [1.29, 1.82) is 0 Å². The summed E-state index contributed by atoms with van der Waals surface area (Å²) in [5, 5.41) is 0.921. The predicted octanol–water partition coefficient (Wildman–Crippen LogP) is 1.67. The molecule has 2 nitrogen and oxygen atoms in total. The van der Waals surface area contributed by atoms with Crippen LogP contribution in [0.4, 0.5) is 0 Å². The topological polar surface area (TPSA) is 34.1 Å². The third kappa shape index (κ3) is 1.28. The highest BCUT2D eigenvalue weighted by Gasteiger charge is 2.44. The average molecular weight is 221 g/mol. The van der Waals surface area contributed by atoms with Crippen molar-refractivity contribution in [2.24, 2.45) is 0 Å². The lowest BCUT2D eigenvalue weighted by Gasteiger charge is -2.12. The van der Waals surface area contributed by atoms with Gasteiger partial charge in [0.25, 0.3) is 0 Å². The molecule has 0 spiro atoms. The van der Waals surface area contributed by atoms with E-state index < -0.39 is 18.9 Å². The maximum atomic E-state index is 10.8. The minimum Gasteiger partial charge on any atom is -0.223 e. The van der Waals surface area contributed by atoms with Crippen LogP contribution in [0, 0.1) is 0 Å². The summed E-state index contributed by atoms with van der Waals surface area (Å²) in [4.78, 5) is 0. The second-order valence-corrected chi connectivity index (χ2v) is 5.94. The summed E-state index contributed by atoms with van der Waals surface area (Å²) in [5.74, 6) is 0. The third-order valence-corrected chi connectivity index (χ3v) is 4.79. The number of hydrogen-bond donors (Lipinski definition) is 0. The highest BCUT2D eigenvalue weighted by Crippen LogP contribution is 2.39. The van der Waals surface area contributed by atoms with Crippen molar-refractivity contribution in [2.45, 2.75) is 9.04 Å². The Morgan fingerprint density at radius 3 is 2.00 bits per heavy atom. The van der Waals surface area contributed by atoms with E-state index in [4.69, 9.17) is 34.8 Å². The van der Waals surface area contributed by atoms with Gasteiger partial charge >= 0.3 is 0 Å². The first-order chi connectivity index (χ1) is 4.36. The van der Waals surface area contributed by atoms with Gasteiger partial charge in [0.1, 0.15) is 0 Å². The molecule has 0 saturated carbocycles. The molecule has 1 aliphatic heterocycles. The lowest BCUT2D eigenvalue weighted by Crippen LogP contribution is -2.24. The normalized spacial score (nSPS) is 34.5. The lowest BCUT2D eigenvalue weighted by molar-refractivity contribution is 0.602. The molecule has 0 N–H and O–H groups in total. The molecule has 1 heterocycles. The minimum absolute atomic E-state index is 0.921. The molecule has 0 aliphatic carbocycles. The third-order valence-electron chi connectivity index (χ3n) is 1.07. The van der Waals surface area contributed by atoms with Crippen molar-refractivity contribution in [1.82, 2.24) is 0 Å². The van der Waals surface area contributed by atoms with Gasteiger partial charge in [-0.1, -0.05) is 23.2 Å². The molecule has 0 radical (unpaired) electrons. The van der Waals surface area contributed by atoms with Crippen molar-refractivity contribution in [3.05, 3.63) is 11.5 Å². The molecule has 0 bridgehead atoms. The summed E-state index contributed by atoms with van der Waals surface area (Å²) in [7, 11) is -3.41. The van der Waals surface area contributed by atoms with Gasteiger partial charge in [0.2, 0.25) is 0 Å². The van der Waals surface area contributed by atoms with E-state index in [2.05, 4.69) is 0 Å². The van der Waals surface area contributed by atoms with Crippen molar-refractivity contribution in [2.75, 3.05) is 0 Å². The van der Waals surface area contributed by atoms with Crippen LogP contribution in [0.1, 0.15) is 0 Å². The Balaban J connectivity index is 3.12. The van der Waals surface area contributed by atoms with Gasteiger partial charge in [0.15, 0.2) is 18.9 Å². The SMILES string of the molecule is O=S1(=O)C=CC(Cl)(Cl)C1Cl. The Kier molecular flexibility index (Phi) is 1.97. The van der Waals surface area contributed by atoms with E-state index >= 15 is 0 Å². The maximum Gasteiger partial charge on any atom is 0.191 e. The molecule has 0 saturated heterocycles. The minimum atomic E-state index is -3.41. The summed E-state index contributed by atoms with van der Waals surface area (Å²) < 4.78 is 18.8. The smallest absolute Gasteiger partial charge is 0.191 e. The van der Waals surface area contributed by atoms with Gasteiger partial charge in [0.05, 0.1) is 0 Å². The van der Waals surface area contributed by atoms with E-state index in [1.165, 1.54) is 0 Å². The number of alkyl halides is 3. The zero-order valence-electron chi connectivity index (χ0n) is 4.59. The van der Waals surface area contributed by atoms with Gasteiger partial charge in [-0.3, -0.25) is 0 Å². The number of rotatable bonds is 0. The molecule has 58 valence electrons. The van der Waals surface area contributed by atoms with Gasteiger partial charge in [-0.25, -0.2) is 8.42 Å². The fourth-order valence-electron chi connectivity index (χ4n) is 0.549. The first kappa shape index (κ1) is 8.65. The number of halogens is 3. The Morgan fingerprint density at radius 2 is 1.90 bits per heavy atom. The van der Waals surface area contributed by atoms with Crippen LogP contribution in [0.2, 0.25) is 0 Å². The van der Waals surface area contributed by atoms with Gasteiger partial charge in [-0.05, 0) is 6.08 Å². The van der Waals surface area contributed by atoms with E-state index in [0.717, 1.165) is 11.5 Å². The lowest BCUT2D eigenvalue weighted by atomic mass is 10.5. The summed E-state index contributed by atoms with van der Waals surface area (Å²) >= 11 is 16.3. The molecule has 1 atom stereocenters. The predicted molar refractivity (Wildman–Crippen MR) is 42.1 cm³/mol. The van der Waals surface area contributed by atoms with Gasteiger partial charge < -0.3 is 0 Å². The van der Waals surface area contributed by atoms with Crippen molar-refractivity contribution >= 4 is 44.6 Å². The molecule has 0 aromatic rings. The molecular weight excluding hydrogens is 218 g/mol. The summed E-state index contributed by atoms with van der Waals surface area (Å²) in [6.45, 7) is 0. The monoisotopic (exact) mass is 220 g/mol. The molecular formula is C4H3Cl3O2S. The van der Waals surface area contributed by atoms with E-state index in [-0.39, 0.29) is 0 Å². The van der Waals surface area contributed by atoms with Crippen LogP contribution in [0.15, 0.2) is 11.5 Å². The Morgan fingerprint density at radius 1 is 1.40 bits per heavy atom. The molecule has 1 rings (SSSR count). The van der Waals surface area contributed by atoms with Gasteiger partial charge in [-0.15, -0.1) is 11.6 Å².